The van der Waals surface area contributed by atoms with E-state index in [2.05, 4.69) is 5.32 Å². The third-order valence-electron chi connectivity index (χ3n) is 2.22. The van der Waals surface area contributed by atoms with Crippen LogP contribution in [0.25, 0.3) is 0 Å². The van der Waals surface area contributed by atoms with Crippen molar-refractivity contribution in [1.29, 1.82) is 5.26 Å². The molecule has 0 bridgehead atoms. The summed E-state index contributed by atoms with van der Waals surface area (Å²) in [5, 5.41) is 11.5. The van der Waals surface area contributed by atoms with Gasteiger partial charge >= 0.3 is 0 Å². The number of methoxy groups -OCH3 is 1. The summed E-state index contributed by atoms with van der Waals surface area (Å²) >= 11 is 0. The van der Waals surface area contributed by atoms with Crippen LogP contribution in [-0.4, -0.2) is 18.6 Å². The minimum atomic E-state index is -0.566. The number of ether oxygens (including phenoxy) is 1. The Morgan fingerprint density at radius 1 is 1.56 bits per heavy atom. The lowest BCUT2D eigenvalue weighted by atomic mass is 10.0. The molecule has 0 aliphatic carbocycles. The summed E-state index contributed by atoms with van der Waals surface area (Å²) in [6, 6.07) is 6.83. The third kappa shape index (κ3) is 4.07. The predicted octanol–water partition coefficient (Wildman–Crippen LogP) is 1.63. The first-order valence-electron chi connectivity index (χ1n) is 5.52. The molecule has 3 N–H and O–H groups in total. The van der Waals surface area contributed by atoms with E-state index in [1.807, 2.05) is 6.07 Å². The Hall–Kier alpha value is -2.06. The molecule has 0 spiro atoms. The molecule has 0 aliphatic rings. The highest BCUT2D eigenvalue weighted by Crippen LogP contribution is 2.25. The molecule has 0 radical (unpaired) electrons. The number of nitrogens with zero attached hydrogens (tertiary/aromatic N) is 1. The number of hydrogen-bond donors (Lipinski definition) is 2. The Bertz CT molecular complexity index is 484. The molecule has 0 atom stereocenters. The summed E-state index contributed by atoms with van der Waals surface area (Å²) in [7, 11) is 1.49. The number of nitrogens with two attached hydrogens (primary N) is 1. The van der Waals surface area contributed by atoms with E-state index in [0.29, 0.717) is 17.0 Å². The van der Waals surface area contributed by atoms with Crippen LogP contribution < -0.4 is 15.8 Å². The van der Waals surface area contributed by atoms with Crippen LogP contribution in [0.5, 0.6) is 5.75 Å². The molecule has 1 amide bonds. The monoisotopic (exact) mass is 247 g/mol. The third-order valence-corrected chi connectivity index (χ3v) is 2.22. The molecule has 1 aromatic rings. The lowest BCUT2D eigenvalue weighted by Crippen LogP contribution is -2.36. The molecule has 5 nitrogen and oxygen atoms in total. The minimum Gasteiger partial charge on any atom is -0.495 e. The fraction of sp³-hybridized carbons (Fsp3) is 0.385. The molecule has 0 aromatic heterocycles. The van der Waals surface area contributed by atoms with Gasteiger partial charge in [0.1, 0.15) is 5.75 Å². The molecule has 18 heavy (non-hydrogen) atoms. The Balaban J connectivity index is 2.85. The fourth-order valence-electron chi connectivity index (χ4n) is 1.47. The second-order valence-electron chi connectivity index (χ2n) is 4.74. The van der Waals surface area contributed by atoms with Gasteiger partial charge in [-0.1, -0.05) is 0 Å². The van der Waals surface area contributed by atoms with Crippen molar-refractivity contribution < 1.29 is 9.53 Å². The summed E-state index contributed by atoms with van der Waals surface area (Å²) in [6.07, 6.45) is 0.205. The van der Waals surface area contributed by atoms with Crippen molar-refractivity contribution in [1.82, 2.24) is 0 Å². The number of anilines is 1. The van der Waals surface area contributed by atoms with Crippen molar-refractivity contribution in [3.05, 3.63) is 23.8 Å². The largest absolute Gasteiger partial charge is 0.495 e. The molecule has 0 unspecified atom stereocenters. The van der Waals surface area contributed by atoms with E-state index in [1.165, 1.54) is 7.11 Å². The lowest BCUT2D eigenvalue weighted by molar-refractivity contribution is -0.117. The minimum absolute atomic E-state index is 0.189. The van der Waals surface area contributed by atoms with Crippen molar-refractivity contribution in [2.24, 2.45) is 5.73 Å². The first-order valence-corrected chi connectivity index (χ1v) is 5.52. The second kappa shape index (κ2) is 5.52. The van der Waals surface area contributed by atoms with Gasteiger partial charge in [-0.25, -0.2) is 0 Å². The number of nitriles is 1. The van der Waals surface area contributed by atoms with Gasteiger partial charge in [-0.15, -0.1) is 0 Å². The highest BCUT2D eigenvalue weighted by atomic mass is 16.5. The van der Waals surface area contributed by atoms with Crippen LogP contribution in [0, 0.1) is 11.3 Å². The van der Waals surface area contributed by atoms with Crippen molar-refractivity contribution in [2.75, 3.05) is 12.4 Å². The lowest BCUT2D eigenvalue weighted by Gasteiger charge is -2.18. The van der Waals surface area contributed by atoms with Crippen LogP contribution in [-0.2, 0) is 4.79 Å². The quantitative estimate of drug-likeness (QED) is 0.846. The van der Waals surface area contributed by atoms with Crippen molar-refractivity contribution in [2.45, 2.75) is 25.8 Å². The van der Waals surface area contributed by atoms with Crippen molar-refractivity contribution in [3.63, 3.8) is 0 Å². The van der Waals surface area contributed by atoms with Crippen LogP contribution in [0.1, 0.15) is 25.8 Å². The van der Waals surface area contributed by atoms with Crippen LogP contribution >= 0.6 is 0 Å². The first kappa shape index (κ1) is 14.0. The molecular formula is C13H17N3O2. The van der Waals surface area contributed by atoms with Crippen LogP contribution in [0.4, 0.5) is 5.69 Å². The number of hydrogen-bond acceptors (Lipinski definition) is 4. The topological polar surface area (TPSA) is 88.1 Å². The smallest absolute Gasteiger partial charge is 0.226 e. The van der Waals surface area contributed by atoms with Crippen LogP contribution in [0.2, 0.25) is 0 Å². The van der Waals surface area contributed by atoms with Gasteiger partial charge in [0.05, 0.1) is 24.4 Å². The highest BCUT2D eigenvalue weighted by Gasteiger charge is 2.17. The number of nitrogens with one attached hydrogen (secondary N) is 1. The summed E-state index contributed by atoms with van der Waals surface area (Å²) < 4.78 is 5.12. The molecule has 1 aromatic carbocycles. The number of carbonyl (C=O) groups excluding carboxylic acids is 1. The zero-order valence-corrected chi connectivity index (χ0v) is 10.8. The van der Waals surface area contributed by atoms with E-state index >= 15 is 0 Å². The normalized spacial score (nSPS) is 10.6. The van der Waals surface area contributed by atoms with Gasteiger partial charge < -0.3 is 15.8 Å². The molecule has 96 valence electrons. The number of rotatable bonds is 4. The average molecular weight is 247 g/mol. The number of benzene rings is 1. The Morgan fingerprint density at radius 3 is 2.72 bits per heavy atom. The Morgan fingerprint density at radius 2 is 2.22 bits per heavy atom. The molecule has 0 aliphatic heterocycles. The van der Waals surface area contributed by atoms with Crippen LogP contribution in [0.15, 0.2) is 18.2 Å². The SMILES string of the molecule is COc1cc(C#N)ccc1NC(=O)CC(C)(C)N. The molecule has 5 heteroatoms. The number of carbonyl (C=O) groups is 1. The van der Waals surface area contributed by atoms with Crippen LogP contribution in [0.3, 0.4) is 0 Å². The average Bonchev–Trinajstić information content (AvgIpc) is 2.27. The van der Waals surface area contributed by atoms with E-state index in [9.17, 15) is 4.79 Å². The van der Waals surface area contributed by atoms with Gasteiger partial charge in [0.15, 0.2) is 0 Å². The molecule has 0 saturated heterocycles. The van der Waals surface area contributed by atoms with E-state index in [-0.39, 0.29) is 12.3 Å². The van der Waals surface area contributed by atoms with Gasteiger partial charge in [0.25, 0.3) is 0 Å². The summed E-state index contributed by atoms with van der Waals surface area (Å²) in [5.74, 6) is 0.266. The molecule has 0 saturated carbocycles. The van der Waals surface area contributed by atoms with E-state index in [1.54, 1.807) is 32.0 Å². The van der Waals surface area contributed by atoms with Crippen molar-refractivity contribution in [3.8, 4) is 11.8 Å². The second-order valence-corrected chi connectivity index (χ2v) is 4.74. The maximum atomic E-state index is 11.7. The van der Waals surface area contributed by atoms with Gasteiger partial charge in [-0.3, -0.25) is 4.79 Å². The standard InChI is InChI=1S/C13H17N3O2/c1-13(2,15)7-12(17)16-10-5-4-9(8-14)6-11(10)18-3/h4-6H,7,15H2,1-3H3,(H,16,17). The fourth-order valence-corrected chi connectivity index (χ4v) is 1.47. The van der Waals surface area contributed by atoms with E-state index in [0.717, 1.165) is 0 Å². The maximum Gasteiger partial charge on any atom is 0.226 e. The van der Waals surface area contributed by atoms with E-state index < -0.39 is 5.54 Å². The summed E-state index contributed by atoms with van der Waals surface area (Å²) in [6.45, 7) is 3.56. The molecule has 1 rings (SSSR count). The molecule has 0 heterocycles. The summed E-state index contributed by atoms with van der Waals surface area (Å²) in [5.41, 5.74) is 6.21. The zero-order valence-electron chi connectivity index (χ0n) is 10.8. The molecular weight excluding hydrogens is 230 g/mol. The number of amides is 1. The van der Waals surface area contributed by atoms with E-state index in [4.69, 9.17) is 15.7 Å². The van der Waals surface area contributed by atoms with Crippen molar-refractivity contribution >= 4 is 11.6 Å². The van der Waals surface area contributed by atoms with Gasteiger partial charge in [-0.05, 0) is 26.0 Å². The maximum absolute atomic E-state index is 11.7. The highest BCUT2D eigenvalue weighted by molar-refractivity contribution is 5.93. The molecule has 0 fully saturated rings. The van der Waals surface area contributed by atoms with Gasteiger partial charge in [-0.2, -0.15) is 5.26 Å². The van der Waals surface area contributed by atoms with Gasteiger partial charge in [0, 0.05) is 18.0 Å². The zero-order chi connectivity index (χ0) is 13.8. The Kier molecular flexibility index (Phi) is 4.29. The Labute approximate surface area is 107 Å². The summed E-state index contributed by atoms with van der Waals surface area (Å²) in [4.78, 5) is 11.7. The first-order chi connectivity index (χ1) is 8.35. The van der Waals surface area contributed by atoms with Gasteiger partial charge in [0.2, 0.25) is 5.91 Å². The predicted molar refractivity (Wildman–Crippen MR) is 69.2 cm³/mol.